The molecular weight excluding hydrogens is 372 g/mol. The summed E-state index contributed by atoms with van der Waals surface area (Å²) in [5.74, 6) is 0.648. The number of anilines is 1. The Balaban J connectivity index is 1.25. The van der Waals surface area contributed by atoms with Gasteiger partial charge in [-0.1, -0.05) is 11.3 Å². The molecule has 3 heterocycles. The summed E-state index contributed by atoms with van der Waals surface area (Å²) in [4.78, 5) is 16.4. The van der Waals surface area contributed by atoms with Crippen molar-refractivity contribution >= 4 is 16.5 Å². The number of aromatic nitrogens is 5. The van der Waals surface area contributed by atoms with Crippen LogP contribution in [-0.4, -0.2) is 31.0 Å². The molecule has 5 rings (SSSR count). The van der Waals surface area contributed by atoms with Crippen molar-refractivity contribution in [2.75, 3.05) is 5.32 Å². The highest BCUT2D eigenvalue weighted by Crippen LogP contribution is 2.42. The van der Waals surface area contributed by atoms with Gasteiger partial charge in [0, 0.05) is 36.0 Å². The van der Waals surface area contributed by atoms with E-state index in [4.69, 9.17) is 0 Å². The molecule has 0 bridgehead atoms. The average Bonchev–Trinajstić information content (AvgIpc) is 3.49. The highest BCUT2D eigenvalue weighted by atomic mass is 32.1. The van der Waals surface area contributed by atoms with Gasteiger partial charge in [0.25, 0.3) is 5.56 Å². The molecule has 0 saturated heterocycles. The smallest absolute Gasteiger partial charge is 0.267 e. The fourth-order valence-corrected chi connectivity index (χ4v) is 4.78. The van der Waals surface area contributed by atoms with Crippen molar-refractivity contribution in [1.82, 2.24) is 25.0 Å². The Morgan fingerprint density at radius 1 is 0.964 bits per heavy atom. The molecule has 28 heavy (non-hydrogen) atoms. The van der Waals surface area contributed by atoms with Gasteiger partial charge in [-0.25, -0.2) is 4.68 Å². The van der Waals surface area contributed by atoms with E-state index < -0.39 is 0 Å². The van der Waals surface area contributed by atoms with Crippen molar-refractivity contribution in [2.24, 2.45) is 0 Å². The molecule has 2 saturated carbocycles. The van der Waals surface area contributed by atoms with Gasteiger partial charge in [-0.05, 0) is 56.7 Å². The highest BCUT2D eigenvalue weighted by molar-refractivity contribution is 7.15. The summed E-state index contributed by atoms with van der Waals surface area (Å²) in [5.41, 5.74) is 1.75. The molecule has 1 N–H and O–H groups in total. The molecular formula is C20H22N6OS. The first-order chi connectivity index (χ1) is 13.8. The second-order valence-corrected chi connectivity index (χ2v) is 8.62. The molecule has 0 atom stereocenters. The highest BCUT2D eigenvalue weighted by Gasteiger charge is 2.29. The largest absolute Gasteiger partial charge is 0.357 e. The zero-order valence-electron chi connectivity index (χ0n) is 15.5. The molecule has 0 unspecified atom stereocenters. The topological polar surface area (TPSA) is 85.6 Å². The van der Waals surface area contributed by atoms with E-state index in [0.29, 0.717) is 12.0 Å². The third-order valence-electron chi connectivity index (χ3n) is 5.54. The van der Waals surface area contributed by atoms with Crippen LogP contribution in [0.25, 0.3) is 11.3 Å². The Bertz CT molecular complexity index is 1000. The van der Waals surface area contributed by atoms with Crippen molar-refractivity contribution in [3.05, 3.63) is 52.0 Å². The van der Waals surface area contributed by atoms with Crippen LogP contribution in [0.15, 0.2) is 41.5 Å². The molecule has 3 aromatic rings. The average molecular weight is 395 g/mol. The maximum absolute atomic E-state index is 12.4. The molecule has 0 aromatic carbocycles. The Morgan fingerprint density at radius 2 is 1.75 bits per heavy atom. The first kappa shape index (κ1) is 17.5. The standard InChI is InChI=1S/C20H22N6OS/c27-18-8-7-17(13-9-11-21-12-10-13)25-26(18)16-5-3-15(4-6-16)22-20-24-23-19(28-20)14-1-2-14/h7-12,14-16H,1-6H2,(H,22,24). The molecule has 2 fully saturated rings. The van der Waals surface area contributed by atoms with Crippen LogP contribution in [-0.2, 0) is 0 Å². The second kappa shape index (κ2) is 7.43. The Labute approximate surface area is 166 Å². The van der Waals surface area contributed by atoms with Crippen LogP contribution in [0, 0.1) is 0 Å². The normalized spacial score (nSPS) is 22.1. The summed E-state index contributed by atoms with van der Waals surface area (Å²) in [6.45, 7) is 0. The van der Waals surface area contributed by atoms with Crippen molar-refractivity contribution in [3.8, 4) is 11.3 Å². The van der Waals surface area contributed by atoms with Crippen molar-refractivity contribution < 1.29 is 0 Å². The van der Waals surface area contributed by atoms with E-state index in [9.17, 15) is 4.79 Å². The lowest BCUT2D eigenvalue weighted by molar-refractivity contribution is 0.304. The van der Waals surface area contributed by atoms with E-state index >= 15 is 0 Å². The fraction of sp³-hybridized carbons (Fsp3) is 0.450. The first-order valence-corrected chi connectivity index (χ1v) is 10.7. The minimum atomic E-state index is -0.0348. The van der Waals surface area contributed by atoms with Crippen LogP contribution < -0.4 is 10.9 Å². The molecule has 3 aromatic heterocycles. The summed E-state index contributed by atoms with van der Waals surface area (Å²) in [5, 5.41) is 18.9. The maximum atomic E-state index is 12.4. The summed E-state index contributed by atoms with van der Waals surface area (Å²) in [6, 6.07) is 7.76. The van der Waals surface area contributed by atoms with Gasteiger partial charge in [-0.3, -0.25) is 9.78 Å². The Hall–Kier alpha value is -2.61. The Kier molecular flexibility index (Phi) is 4.64. The maximum Gasteiger partial charge on any atom is 0.267 e. The third kappa shape index (κ3) is 3.69. The van der Waals surface area contributed by atoms with E-state index in [-0.39, 0.29) is 11.6 Å². The number of hydrogen-bond donors (Lipinski definition) is 1. The zero-order valence-corrected chi connectivity index (χ0v) is 16.3. The van der Waals surface area contributed by atoms with E-state index in [1.807, 2.05) is 12.1 Å². The molecule has 8 heteroatoms. The molecule has 2 aliphatic rings. The van der Waals surface area contributed by atoms with Gasteiger partial charge in [0.05, 0.1) is 11.7 Å². The monoisotopic (exact) mass is 394 g/mol. The number of rotatable bonds is 5. The molecule has 0 radical (unpaired) electrons. The van der Waals surface area contributed by atoms with Crippen LogP contribution in [0.5, 0.6) is 0 Å². The number of hydrogen-bond acceptors (Lipinski definition) is 7. The second-order valence-electron chi connectivity index (χ2n) is 7.61. The lowest BCUT2D eigenvalue weighted by atomic mass is 9.91. The zero-order chi connectivity index (χ0) is 18.9. The summed E-state index contributed by atoms with van der Waals surface area (Å²) in [7, 11) is 0. The fourth-order valence-electron chi connectivity index (χ4n) is 3.79. The van der Waals surface area contributed by atoms with Gasteiger partial charge in [-0.2, -0.15) is 5.10 Å². The molecule has 0 aliphatic heterocycles. The van der Waals surface area contributed by atoms with Crippen LogP contribution >= 0.6 is 11.3 Å². The summed E-state index contributed by atoms with van der Waals surface area (Å²) in [6.07, 6.45) is 9.83. The van der Waals surface area contributed by atoms with E-state index in [2.05, 4.69) is 25.6 Å². The van der Waals surface area contributed by atoms with Gasteiger partial charge in [0.1, 0.15) is 5.01 Å². The van der Waals surface area contributed by atoms with Gasteiger partial charge in [-0.15, -0.1) is 10.2 Å². The molecule has 2 aliphatic carbocycles. The minimum Gasteiger partial charge on any atom is -0.357 e. The van der Waals surface area contributed by atoms with Crippen molar-refractivity contribution in [3.63, 3.8) is 0 Å². The number of nitrogens with one attached hydrogen (secondary N) is 1. The SMILES string of the molecule is O=c1ccc(-c2ccncc2)nn1C1CCC(Nc2nnc(C3CC3)s2)CC1. The lowest BCUT2D eigenvalue weighted by Gasteiger charge is -2.29. The molecule has 0 spiro atoms. The van der Waals surface area contributed by atoms with Crippen molar-refractivity contribution in [1.29, 1.82) is 0 Å². The molecule has 7 nitrogen and oxygen atoms in total. The van der Waals surface area contributed by atoms with E-state index in [1.165, 1.54) is 17.8 Å². The lowest BCUT2D eigenvalue weighted by Crippen LogP contribution is -2.33. The van der Waals surface area contributed by atoms with Crippen LogP contribution in [0.2, 0.25) is 0 Å². The summed E-state index contributed by atoms with van der Waals surface area (Å²) < 4.78 is 1.67. The number of nitrogens with zero attached hydrogens (tertiary/aromatic N) is 5. The predicted octanol–water partition coefficient (Wildman–Crippen LogP) is 3.63. The van der Waals surface area contributed by atoms with E-state index in [0.717, 1.165) is 42.1 Å². The third-order valence-corrected chi connectivity index (χ3v) is 6.56. The van der Waals surface area contributed by atoms with Crippen molar-refractivity contribution in [2.45, 2.75) is 56.5 Å². The predicted molar refractivity (Wildman–Crippen MR) is 109 cm³/mol. The molecule has 0 amide bonds. The van der Waals surface area contributed by atoms with Crippen LogP contribution in [0.3, 0.4) is 0 Å². The van der Waals surface area contributed by atoms with Crippen LogP contribution in [0.4, 0.5) is 5.13 Å². The Morgan fingerprint density at radius 3 is 2.50 bits per heavy atom. The van der Waals surface area contributed by atoms with Gasteiger partial charge < -0.3 is 5.32 Å². The van der Waals surface area contributed by atoms with E-state index in [1.54, 1.807) is 40.5 Å². The number of pyridine rings is 1. The molecule has 144 valence electrons. The quantitative estimate of drug-likeness (QED) is 0.711. The van der Waals surface area contributed by atoms with Crippen LogP contribution in [0.1, 0.15) is 55.5 Å². The van der Waals surface area contributed by atoms with Gasteiger partial charge in [0.15, 0.2) is 0 Å². The summed E-state index contributed by atoms with van der Waals surface area (Å²) >= 11 is 1.69. The van der Waals surface area contributed by atoms with Gasteiger partial charge in [0.2, 0.25) is 5.13 Å². The first-order valence-electron chi connectivity index (χ1n) is 9.86. The minimum absolute atomic E-state index is 0.0348. The van der Waals surface area contributed by atoms with Gasteiger partial charge >= 0.3 is 0 Å².